The fourth-order valence-corrected chi connectivity index (χ4v) is 1.01. The van der Waals surface area contributed by atoms with Gasteiger partial charge in [0.25, 0.3) is 0 Å². The maximum atomic E-state index is 5.57. The van der Waals surface area contributed by atoms with Crippen molar-refractivity contribution in [2.75, 3.05) is 18.5 Å². The van der Waals surface area contributed by atoms with Crippen LogP contribution >= 0.6 is 0 Å². The van der Waals surface area contributed by atoms with Crippen molar-refractivity contribution >= 4 is 6.01 Å². The van der Waals surface area contributed by atoms with E-state index < -0.39 is 0 Å². The van der Waals surface area contributed by atoms with Crippen LogP contribution in [0.1, 0.15) is 33.5 Å². The summed E-state index contributed by atoms with van der Waals surface area (Å²) in [4.78, 5) is 6.23. The van der Waals surface area contributed by atoms with E-state index in [0.717, 1.165) is 0 Å². The molecular weight excluding hydrogens is 192 g/mol. The van der Waals surface area contributed by atoms with Crippen LogP contribution in [0, 0.1) is 0 Å². The van der Waals surface area contributed by atoms with Crippen molar-refractivity contribution < 1.29 is 4.52 Å². The molecule has 1 unspecified atom stereocenters. The van der Waals surface area contributed by atoms with Crippen LogP contribution in [0.25, 0.3) is 0 Å². The largest absolute Gasteiger partial charge is 0.328 e. The van der Waals surface area contributed by atoms with Gasteiger partial charge >= 0.3 is 6.01 Å². The number of anilines is 1. The normalized spacial score (nSPS) is 14.0. The molecule has 0 fully saturated rings. The lowest BCUT2D eigenvalue weighted by Crippen LogP contribution is -2.35. The molecule has 1 atom stereocenters. The number of likely N-dealkylation sites (N-methyl/N-ethyl adjacent to an activating group) is 1. The van der Waals surface area contributed by atoms with Gasteiger partial charge in [0.15, 0.2) is 5.82 Å². The van der Waals surface area contributed by atoms with E-state index in [4.69, 9.17) is 10.3 Å². The number of rotatable bonds is 3. The molecule has 0 saturated carbocycles. The van der Waals surface area contributed by atoms with E-state index in [-0.39, 0.29) is 11.5 Å². The Morgan fingerprint density at radius 1 is 1.47 bits per heavy atom. The van der Waals surface area contributed by atoms with E-state index in [2.05, 4.69) is 10.1 Å². The van der Waals surface area contributed by atoms with Gasteiger partial charge in [-0.05, 0) is 6.92 Å². The van der Waals surface area contributed by atoms with Crippen molar-refractivity contribution in [2.24, 2.45) is 5.73 Å². The number of nitrogens with two attached hydrogens (primary N) is 1. The van der Waals surface area contributed by atoms with E-state index in [0.29, 0.717) is 18.4 Å². The van der Waals surface area contributed by atoms with Gasteiger partial charge in [-0.25, -0.2) is 0 Å². The Bertz CT molecular complexity index is 315. The highest BCUT2D eigenvalue weighted by Gasteiger charge is 2.23. The summed E-state index contributed by atoms with van der Waals surface area (Å²) in [5, 5.41) is 3.96. The van der Waals surface area contributed by atoms with Crippen LogP contribution in [0.2, 0.25) is 0 Å². The zero-order chi connectivity index (χ0) is 11.6. The molecule has 1 aromatic rings. The van der Waals surface area contributed by atoms with Crippen molar-refractivity contribution in [3.05, 3.63) is 5.82 Å². The molecule has 2 N–H and O–H groups in total. The second-order valence-corrected chi connectivity index (χ2v) is 4.85. The summed E-state index contributed by atoms with van der Waals surface area (Å²) in [6.45, 7) is 8.72. The minimum absolute atomic E-state index is 0.0887. The van der Waals surface area contributed by atoms with Crippen LogP contribution in [0.15, 0.2) is 4.52 Å². The number of hydrogen-bond acceptors (Lipinski definition) is 5. The maximum absolute atomic E-state index is 5.57. The first-order valence-corrected chi connectivity index (χ1v) is 5.13. The monoisotopic (exact) mass is 212 g/mol. The first-order valence-electron chi connectivity index (χ1n) is 5.13. The lowest BCUT2D eigenvalue weighted by Gasteiger charge is -2.20. The lowest BCUT2D eigenvalue weighted by molar-refractivity contribution is 0.389. The summed E-state index contributed by atoms with van der Waals surface area (Å²) in [6, 6.07) is 0.719. The van der Waals surface area contributed by atoms with Gasteiger partial charge in [-0.1, -0.05) is 25.9 Å². The van der Waals surface area contributed by atoms with Crippen molar-refractivity contribution in [1.82, 2.24) is 10.1 Å². The topological polar surface area (TPSA) is 68.2 Å². The Morgan fingerprint density at radius 3 is 2.47 bits per heavy atom. The molecule has 0 bridgehead atoms. The fraction of sp³-hybridized carbons (Fsp3) is 0.800. The van der Waals surface area contributed by atoms with Crippen molar-refractivity contribution in [1.29, 1.82) is 0 Å². The quantitative estimate of drug-likeness (QED) is 0.814. The molecule has 0 aromatic carbocycles. The molecule has 1 heterocycles. The predicted octanol–water partition coefficient (Wildman–Crippen LogP) is 1.15. The second kappa shape index (κ2) is 4.18. The Balaban J connectivity index is 2.85. The van der Waals surface area contributed by atoms with Gasteiger partial charge in [0.1, 0.15) is 0 Å². The molecule has 0 amide bonds. The lowest BCUT2D eigenvalue weighted by atomic mass is 9.96. The molecular formula is C10H20N4O. The summed E-state index contributed by atoms with van der Waals surface area (Å²) in [5.74, 6) is 0.716. The van der Waals surface area contributed by atoms with Gasteiger partial charge in [-0.2, -0.15) is 4.98 Å². The molecule has 5 heteroatoms. The highest BCUT2D eigenvalue weighted by atomic mass is 16.5. The van der Waals surface area contributed by atoms with Gasteiger partial charge in [-0.15, -0.1) is 0 Å². The molecule has 15 heavy (non-hydrogen) atoms. The van der Waals surface area contributed by atoms with Gasteiger partial charge in [0.05, 0.1) is 0 Å². The number of aromatic nitrogens is 2. The van der Waals surface area contributed by atoms with Crippen LogP contribution in [0.3, 0.4) is 0 Å². The molecule has 0 saturated heterocycles. The van der Waals surface area contributed by atoms with Crippen LogP contribution < -0.4 is 10.6 Å². The summed E-state index contributed by atoms with van der Waals surface area (Å²) in [6.07, 6.45) is 0. The Hall–Kier alpha value is -1.10. The summed E-state index contributed by atoms with van der Waals surface area (Å²) in [7, 11) is 1.90. The first kappa shape index (κ1) is 12.0. The van der Waals surface area contributed by atoms with E-state index in [9.17, 15) is 0 Å². The highest BCUT2D eigenvalue weighted by molar-refractivity contribution is 5.26. The third-order valence-corrected chi connectivity index (χ3v) is 2.39. The summed E-state index contributed by atoms with van der Waals surface area (Å²) in [5.41, 5.74) is 5.48. The highest BCUT2D eigenvalue weighted by Crippen LogP contribution is 2.21. The minimum atomic E-state index is -0.0887. The van der Waals surface area contributed by atoms with Crippen molar-refractivity contribution in [3.8, 4) is 0 Å². The molecule has 0 radical (unpaired) electrons. The molecule has 0 spiro atoms. The van der Waals surface area contributed by atoms with Crippen LogP contribution in [-0.4, -0.2) is 29.8 Å². The Kier molecular flexibility index (Phi) is 3.34. The van der Waals surface area contributed by atoms with Gasteiger partial charge in [0.2, 0.25) is 0 Å². The number of hydrogen-bond donors (Lipinski definition) is 1. The fourth-order valence-electron chi connectivity index (χ4n) is 1.01. The average molecular weight is 212 g/mol. The third-order valence-electron chi connectivity index (χ3n) is 2.39. The van der Waals surface area contributed by atoms with Crippen LogP contribution in [0.5, 0.6) is 0 Å². The van der Waals surface area contributed by atoms with Crippen LogP contribution in [0.4, 0.5) is 6.01 Å². The zero-order valence-electron chi connectivity index (χ0n) is 10.1. The summed E-state index contributed by atoms with van der Waals surface area (Å²) >= 11 is 0. The number of nitrogens with zero attached hydrogens (tertiary/aromatic N) is 3. The molecule has 0 aliphatic rings. The third kappa shape index (κ3) is 2.68. The van der Waals surface area contributed by atoms with Crippen molar-refractivity contribution in [2.45, 2.75) is 39.2 Å². The minimum Gasteiger partial charge on any atom is -0.328 e. The standard InChI is InChI=1S/C10H20N4O/c1-7(6-11)14(5)9-12-8(13-15-9)10(2,3)4/h7H,6,11H2,1-5H3. The van der Waals surface area contributed by atoms with E-state index >= 15 is 0 Å². The van der Waals surface area contributed by atoms with E-state index in [1.54, 1.807) is 0 Å². The molecule has 5 nitrogen and oxygen atoms in total. The molecule has 0 aliphatic carbocycles. The Labute approximate surface area is 90.6 Å². The average Bonchev–Trinajstić information content (AvgIpc) is 2.63. The van der Waals surface area contributed by atoms with Gasteiger partial charge in [-0.3, -0.25) is 0 Å². The Morgan fingerprint density at radius 2 is 2.07 bits per heavy atom. The second-order valence-electron chi connectivity index (χ2n) is 4.85. The first-order chi connectivity index (χ1) is 6.86. The molecule has 86 valence electrons. The smallest absolute Gasteiger partial charge is 0.324 e. The van der Waals surface area contributed by atoms with E-state index in [1.165, 1.54) is 0 Å². The van der Waals surface area contributed by atoms with Crippen molar-refractivity contribution in [3.63, 3.8) is 0 Å². The molecule has 0 aliphatic heterocycles. The SMILES string of the molecule is CC(CN)N(C)c1nc(C(C)(C)C)no1. The predicted molar refractivity (Wildman–Crippen MR) is 59.9 cm³/mol. The zero-order valence-corrected chi connectivity index (χ0v) is 10.1. The van der Waals surface area contributed by atoms with E-state index in [1.807, 2.05) is 39.6 Å². The van der Waals surface area contributed by atoms with Gasteiger partial charge < -0.3 is 15.2 Å². The molecule has 1 aromatic heterocycles. The van der Waals surface area contributed by atoms with Crippen LogP contribution in [-0.2, 0) is 5.41 Å². The van der Waals surface area contributed by atoms with Gasteiger partial charge in [0, 0.05) is 25.0 Å². The molecule has 1 rings (SSSR count). The maximum Gasteiger partial charge on any atom is 0.324 e. The summed E-state index contributed by atoms with van der Waals surface area (Å²) < 4.78 is 5.19.